The molecule has 0 saturated heterocycles. The summed E-state index contributed by atoms with van der Waals surface area (Å²) < 4.78 is 10.7. The fourth-order valence-electron chi connectivity index (χ4n) is 2.37. The van der Waals surface area contributed by atoms with Crippen molar-refractivity contribution in [2.45, 2.75) is 26.9 Å². The third-order valence-corrected chi connectivity index (χ3v) is 4.17. The lowest BCUT2D eigenvalue weighted by molar-refractivity contribution is -0.384. The van der Waals surface area contributed by atoms with Crippen LogP contribution in [0.4, 0.5) is 5.69 Å². The number of rotatable bonds is 6. The maximum absolute atomic E-state index is 12.3. The van der Waals surface area contributed by atoms with Crippen LogP contribution in [0.25, 0.3) is 0 Å². The SMILES string of the molecule is COc1ccc([N+](=O)[O-])cc1C(=O)NNC(=O)[C@@H](C)Oc1cccc(C)c1C. The average Bonchev–Trinajstić information content (AvgIpc) is 2.68. The molecule has 0 bridgehead atoms. The number of ether oxygens (including phenoxy) is 2. The number of benzene rings is 2. The lowest BCUT2D eigenvalue weighted by Gasteiger charge is -2.17. The Hall–Kier alpha value is -3.62. The van der Waals surface area contributed by atoms with Crippen LogP contribution in [0.3, 0.4) is 0 Å². The summed E-state index contributed by atoms with van der Waals surface area (Å²) in [5, 5.41) is 10.9. The highest BCUT2D eigenvalue weighted by Gasteiger charge is 2.20. The number of nitro benzene ring substituents is 1. The quantitative estimate of drug-likeness (QED) is 0.580. The largest absolute Gasteiger partial charge is 0.496 e. The van der Waals surface area contributed by atoms with Crippen LogP contribution < -0.4 is 20.3 Å². The van der Waals surface area contributed by atoms with E-state index in [1.807, 2.05) is 26.0 Å². The Kier molecular flexibility index (Phi) is 6.54. The van der Waals surface area contributed by atoms with Gasteiger partial charge in [-0.15, -0.1) is 0 Å². The van der Waals surface area contributed by atoms with E-state index in [1.165, 1.54) is 26.2 Å². The van der Waals surface area contributed by atoms with Gasteiger partial charge in [0.25, 0.3) is 17.5 Å². The number of amides is 2. The van der Waals surface area contributed by atoms with Crippen LogP contribution in [-0.2, 0) is 4.79 Å². The van der Waals surface area contributed by atoms with Crippen LogP contribution in [0.15, 0.2) is 36.4 Å². The van der Waals surface area contributed by atoms with Crippen LogP contribution in [0.2, 0.25) is 0 Å². The number of non-ortho nitro benzene ring substituents is 1. The molecule has 0 spiro atoms. The Morgan fingerprint density at radius 1 is 1.11 bits per heavy atom. The zero-order valence-corrected chi connectivity index (χ0v) is 15.9. The average molecular weight is 387 g/mol. The van der Waals surface area contributed by atoms with Gasteiger partial charge < -0.3 is 9.47 Å². The second-order valence-electron chi connectivity index (χ2n) is 6.04. The van der Waals surface area contributed by atoms with E-state index in [0.29, 0.717) is 5.75 Å². The molecule has 9 heteroatoms. The van der Waals surface area contributed by atoms with Crippen LogP contribution in [0.5, 0.6) is 11.5 Å². The summed E-state index contributed by atoms with van der Waals surface area (Å²) in [5.74, 6) is -0.641. The number of carbonyl (C=O) groups excluding carboxylic acids is 2. The molecular weight excluding hydrogens is 366 g/mol. The zero-order chi connectivity index (χ0) is 20.8. The summed E-state index contributed by atoms with van der Waals surface area (Å²) in [4.78, 5) is 34.8. The minimum Gasteiger partial charge on any atom is -0.496 e. The van der Waals surface area contributed by atoms with Gasteiger partial charge in [0.1, 0.15) is 11.5 Å². The Morgan fingerprint density at radius 3 is 2.46 bits per heavy atom. The van der Waals surface area contributed by atoms with Gasteiger partial charge in [-0.1, -0.05) is 12.1 Å². The normalized spacial score (nSPS) is 11.3. The number of hydrazine groups is 1. The Bertz CT molecular complexity index is 913. The molecular formula is C19H21N3O6. The van der Waals surface area contributed by atoms with Crippen LogP contribution in [0, 0.1) is 24.0 Å². The number of aryl methyl sites for hydroxylation is 1. The zero-order valence-electron chi connectivity index (χ0n) is 15.9. The fraction of sp³-hybridized carbons (Fsp3) is 0.263. The van der Waals surface area contributed by atoms with Gasteiger partial charge >= 0.3 is 0 Å². The molecule has 148 valence electrons. The molecule has 2 aromatic carbocycles. The highest BCUT2D eigenvalue weighted by Crippen LogP contribution is 2.24. The molecule has 28 heavy (non-hydrogen) atoms. The predicted molar refractivity (Wildman–Crippen MR) is 101 cm³/mol. The van der Waals surface area contributed by atoms with Crippen molar-refractivity contribution in [2.75, 3.05) is 7.11 Å². The summed E-state index contributed by atoms with van der Waals surface area (Å²) in [6.45, 7) is 5.35. The van der Waals surface area contributed by atoms with E-state index in [1.54, 1.807) is 6.07 Å². The van der Waals surface area contributed by atoms with Crippen LogP contribution >= 0.6 is 0 Å². The summed E-state index contributed by atoms with van der Waals surface area (Å²) in [6.07, 6.45) is -0.882. The number of nitrogens with zero attached hydrogens (tertiary/aromatic N) is 1. The molecule has 0 aliphatic heterocycles. The molecule has 0 radical (unpaired) electrons. The second kappa shape index (κ2) is 8.85. The summed E-state index contributed by atoms with van der Waals surface area (Å²) in [5.41, 5.74) is 6.03. The third-order valence-electron chi connectivity index (χ3n) is 4.17. The van der Waals surface area contributed by atoms with E-state index < -0.39 is 22.8 Å². The van der Waals surface area contributed by atoms with Crippen molar-refractivity contribution >= 4 is 17.5 Å². The highest BCUT2D eigenvalue weighted by atomic mass is 16.6. The van der Waals surface area contributed by atoms with E-state index >= 15 is 0 Å². The molecule has 0 fully saturated rings. The minimum atomic E-state index is -0.882. The fourth-order valence-corrected chi connectivity index (χ4v) is 2.37. The molecule has 2 amide bonds. The first kappa shape index (κ1) is 20.7. The molecule has 0 aromatic heterocycles. The predicted octanol–water partition coefficient (Wildman–Crippen LogP) is 2.45. The topological polar surface area (TPSA) is 120 Å². The number of methoxy groups -OCH3 is 1. The standard InChI is InChI=1S/C19H21N3O6/c1-11-6-5-7-16(12(11)2)28-13(3)18(23)20-21-19(24)15-10-14(22(25)26)8-9-17(15)27-4/h5-10,13H,1-4H3,(H,20,23)(H,21,24)/t13-/m1/s1. The van der Waals surface area contributed by atoms with Gasteiger partial charge in [0.2, 0.25) is 0 Å². The van der Waals surface area contributed by atoms with Crippen molar-refractivity contribution in [3.8, 4) is 11.5 Å². The van der Waals surface area contributed by atoms with Crippen LogP contribution in [0.1, 0.15) is 28.4 Å². The Morgan fingerprint density at radius 2 is 1.82 bits per heavy atom. The molecule has 2 N–H and O–H groups in total. The molecule has 0 heterocycles. The first-order valence-electron chi connectivity index (χ1n) is 8.40. The van der Waals surface area contributed by atoms with E-state index in [9.17, 15) is 19.7 Å². The van der Waals surface area contributed by atoms with Gasteiger partial charge in [-0.2, -0.15) is 0 Å². The van der Waals surface area contributed by atoms with Crippen molar-refractivity contribution in [3.05, 3.63) is 63.2 Å². The second-order valence-corrected chi connectivity index (χ2v) is 6.04. The molecule has 2 aromatic rings. The first-order chi connectivity index (χ1) is 13.2. The molecule has 0 aliphatic rings. The van der Waals surface area contributed by atoms with Gasteiger partial charge in [0.15, 0.2) is 6.10 Å². The van der Waals surface area contributed by atoms with Crippen molar-refractivity contribution < 1.29 is 24.0 Å². The van der Waals surface area contributed by atoms with Gasteiger partial charge in [-0.25, -0.2) is 0 Å². The molecule has 1 atom stereocenters. The number of nitrogens with one attached hydrogen (secondary N) is 2. The van der Waals surface area contributed by atoms with Gasteiger partial charge in [0.05, 0.1) is 17.6 Å². The maximum Gasteiger partial charge on any atom is 0.279 e. The van der Waals surface area contributed by atoms with E-state index in [2.05, 4.69) is 10.9 Å². The lowest BCUT2D eigenvalue weighted by atomic mass is 10.1. The number of hydrogen-bond donors (Lipinski definition) is 2. The first-order valence-corrected chi connectivity index (χ1v) is 8.40. The van der Waals surface area contributed by atoms with Crippen molar-refractivity contribution in [2.24, 2.45) is 0 Å². The number of carbonyl (C=O) groups is 2. The Balaban J connectivity index is 2.04. The van der Waals surface area contributed by atoms with Gasteiger partial charge in [-0.3, -0.25) is 30.6 Å². The van der Waals surface area contributed by atoms with Gasteiger partial charge in [0, 0.05) is 12.1 Å². The third kappa shape index (κ3) is 4.76. The van der Waals surface area contributed by atoms with E-state index in [-0.39, 0.29) is 17.0 Å². The maximum atomic E-state index is 12.3. The summed E-state index contributed by atoms with van der Waals surface area (Å²) >= 11 is 0. The molecule has 0 unspecified atom stereocenters. The Labute approximate surface area is 161 Å². The van der Waals surface area contributed by atoms with Crippen molar-refractivity contribution in [1.29, 1.82) is 0 Å². The van der Waals surface area contributed by atoms with Crippen molar-refractivity contribution in [1.82, 2.24) is 10.9 Å². The molecule has 0 aliphatic carbocycles. The van der Waals surface area contributed by atoms with Gasteiger partial charge in [-0.05, 0) is 44.0 Å². The number of hydrogen-bond acceptors (Lipinski definition) is 6. The molecule has 0 saturated carbocycles. The summed E-state index contributed by atoms with van der Waals surface area (Å²) in [7, 11) is 1.33. The molecule has 2 rings (SSSR count). The smallest absolute Gasteiger partial charge is 0.279 e. The monoisotopic (exact) mass is 387 g/mol. The lowest BCUT2D eigenvalue weighted by Crippen LogP contribution is -2.47. The highest BCUT2D eigenvalue weighted by molar-refractivity contribution is 5.98. The van der Waals surface area contributed by atoms with Crippen LogP contribution in [-0.4, -0.2) is 30.0 Å². The van der Waals surface area contributed by atoms with Crippen molar-refractivity contribution in [3.63, 3.8) is 0 Å². The number of nitro groups is 1. The molecule has 9 nitrogen and oxygen atoms in total. The minimum absolute atomic E-state index is 0.0832. The van der Waals surface area contributed by atoms with E-state index in [0.717, 1.165) is 17.2 Å². The summed E-state index contributed by atoms with van der Waals surface area (Å²) in [6, 6.07) is 9.09. The van der Waals surface area contributed by atoms with E-state index in [4.69, 9.17) is 9.47 Å².